The van der Waals surface area contributed by atoms with Gasteiger partial charge in [-0.25, -0.2) is 0 Å². The van der Waals surface area contributed by atoms with Gasteiger partial charge in [-0.2, -0.15) is 0 Å². The molecule has 0 saturated heterocycles. The van der Waals surface area contributed by atoms with Crippen LogP contribution in [0.25, 0.3) is 56.0 Å². The van der Waals surface area contributed by atoms with Crippen molar-refractivity contribution in [2.75, 3.05) is 0 Å². The molecule has 0 fully saturated rings. The maximum atomic E-state index is 6.26. The van der Waals surface area contributed by atoms with E-state index in [1.807, 2.05) is 48.5 Å². The predicted octanol–water partition coefficient (Wildman–Crippen LogP) is 7.59. The highest BCUT2D eigenvalue weighted by atomic mass is 16.4. The zero-order valence-electron chi connectivity index (χ0n) is 17.8. The average molecular weight is 416 g/mol. The monoisotopic (exact) mass is 416 g/mol. The van der Waals surface area contributed by atoms with E-state index in [1.165, 1.54) is 0 Å². The highest BCUT2D eigenvalue weighted by Crippen LogP contribution is 2.39. The highest BCUT2D eigenvalue weighted by molar-refractivity contribution is 6.09. The molecule has 0 aliphatic rings. The van der Waals surface area contributed by atoms with Crippen molar-refractivity contribution in [2.24, 2.45) is 0 Å². The third kappa shape index (κ3) is 2.92. The Hall–Kier alpha value is -4.18. The van der Waals surface area contributed by atoms with Gasteiger partial charge in [-0.05, 0) is 54.8 Å². The fourth-order valence-corrected chi connectivity index (χ4v) is 4.33. The SMILES string of the molecule is Cc1cc(-c2cccc3c2oc2ccccc23)c(C)cc1-c1nnc(-c2ccccc2)o1. The van der Waals surface area contributed by atoms with Gasteiger partial charge in [0.1, 0.15) is 11.2 Å². The van der Waals surface area contributed by atoms with E-state index in [1.54, 1.807) is 0 Å². The van der Waals surface area contributed by atoms with Crippen molar-refractivity contribution >= 4 is 21.9 Å². The molecule has 6 rings (SSSR count). The zero-order valence-corrected chi connectivity index (χ0v) is 17.8. The Morgan fingerprint density at radius 2 is 1.25 bits per heavy atom. The number of fused-ring (bicyclic) bond motifs is 3. The molecule has 0 atom stereocenters. The first-order valence-electron chi connectivity index (χ1n) is 10.6. The van der Waals surface area contributed by atoms with Crippen molar-refractivity contribution < 1.29 is 8.83 Å². The van der Waals surface area contributed by atoms with Crippen LogP contribution in [0.5, 0.6) is 0 Å². The lowest BCUT2D eigenvalue weighted by atomic mass is 9.94. The topological polar surface area (TPSA) is 52.1 Å². The normalized spacial score (nSPS) is 11.4. The number of aryl methyl sites for hydroxylation is 2. The standard InChI is InChI=1S/C28H20N2O2/c1-17-16-24(28-30-29-27(32-28)19-9-4-3-5-10-19)18(2)15-23(17)22-13-8-12-21-20-11-6-7-14-25(20)31-26(21)22/h3-16H,1-2H3. The molecule has 0 amide bonds. The first-order chi connectivity index (χ1) is 15.7. The molecule has 4 heteroatoms. The number of hydrogen-bond donors (Lipinski definition) is 0. The molecule has 0 aliphatic heterocycles. The predicted molar refractivity (Wildman–Crippen MR) is 127 cm³/mol. The summed E-state index contributed by atoms with van der Waals surface area (Å²) in [4.78, 5) is 0. The summed E-state index contributed by atoms with van der Waals surface area (Å²) in [6.45, 7) is 4.18. The molecule has 0 aliphatic carbocycles. The summed E-state index contributed by atoms with van der Waals surface area (Å²) in [5.74, 6) is 1.05. The molecule has 4 aromatic carbocycles. The Morgan fingerprint density at radius 3 is 2.12 bits per heavy atom. The second-order valence-electron chi connectivity index (χ2n) is 8.04. The quantitative estimate of drug-likeness (QED) is 0.298. The van der Waals surface area contributed by atoms with Crippen LogP contribution in [-0.2, 0) is 0 Å². The van der Waals surface area contributed by atoms with Crippen molar-refractivity contribution in [1.29, 1.82) is 0 Å². The van der Waals surface area contributed by atoms with Gasteiger partial charge < -0.3 is 8.83 Å². The van der Waals surface area contributed by atoms with Crippen LogP contribution >= 0.6 is 0 Å². The van der Waals surface area contributed by atoms with Crippen LogP contribution < -0.4 is 0 Å². The van der Waals surface area contributed by atoms with E-state index in [4.69, 9.17) is 8.83 Å². The molecule has 0 N–H and O–H groups in total. The molecule has 32 heavy (non-hydrogen) atoms. The fraction of sp³-hybridized carbons (Fsp3) is 0.0714. The number of aromatic nitrogens is 2. The molecule has 0 unspecified atom stereocenters. The molecule has 0 bridgehead atoms. The summed E-state index contributed by atoms with van der Waals surface area (Å²) in [5.41, 5.74) is 8.08. The molecule has 4 nitrogen and oxygen atoms in total. The third-order valence-electron chi connectivity index (χ3n) is 5.94. The second kappa shape index (κ2) is 7.20. The van der Waals surface area contributed by atoms with Crippen molar-refractivity contribution in [3.05, 3.63) is 96.1 Å². The third-order valence-corrected chi connectivity index (χ3v) is 5.94. The van der Waals surface area contributed by atoms with E-state index in [-0.39, 0.29) is 0 Å². The number of rotatable bonds is 3. The van der Waals surface area contributed by atoms with E-state index in [0.717, 1.165) is 55.3 Å². The maximum absolute atomic E-state index is 6.26. The van der Waals surface area contributed by atoms with Crippen molar-refractivity contribution in [3.8, 4) is 34.0 Å². The fourth-order valence-electron chi connectivity index (χ4n) is 4.33. The van der Waals surface area contributed by atoms with E-state index in [0.29, 0.717) is 11.8 Å². The van der Waals surface area contributed by atoms with E-state index in [2.05, 4.69) is 60.4 Å². The molecular formula is C28H20N2O2. The number of furan rings is 1. The Kier molecular flexibility index (Phi) is 4.18. The van der Waals surface area contributed by atoms with Gasteiger partial charge in [0.05, 0.1) is 0 Å². The minimum absolute atomic E-state index is 0.522. The van der Waals surface area contributed by atoms with Gasteiger partial charge in [0, 0.05) is 27.5 Å². The molecular weight excluding hydrogens is 396 g/mol. The average Bonchev–Trinajstić information content (AvgIpc) is 3.46. The van der Waals surface area contributed by atoms with Crippen LogP contribution in [0.4, 0.5) is 0 Å². The van der Waals surface area contributed by atoms with E-state index in [9.17, 15) is 0 Å². The lowest BCUT2D eigenvalue weighted by Gasteiger charge is -2.11. The minimum Gasteiger partial charge on any atom is -0.455 e. The molecule has 2 aromatic heterocycles. The summed E-state index contributed by atoms with van der Waals surface area (Å²) in [6, 6.07) is 28.6. The van der Waals surface area contributed by atoms with Gasteiger partial charge in [-0.1, -0.05) is 60.7 Å². The van der Waals surface area contributed by atoms with Gasteiger partial charge in [0.15, 0.2) is 0 Å². The molecule has 0 radical (unpaired) electrons. The number of para-hydroxylation sites is 2. The van der Waals surface area contributed by atoms with Crippen molar-refractivity contribution in [3.63, 3.8) is 0 Å². The summed E-state index contributed by atoms with van der Waals surface area (Å²) in [7, 11) is 0. The van der Waals surface area contributed by atoms with Gasteiger partial charge in [0.25, 0.3) is 0 Å². The first kappa shape index (κ1) is 18.6. The minimum atomic E-state index is 0.522. The van der Waals surface area contributed by atoms with Gasteiger partial charge in [-0.3, -0.25) is 0 Å². The second-order valence-corrected chi connectivity index (χ2v) is 8.04. The van der Waals surface area contributed by atoms with Gasteiger partial charge >= 0.3 is 0 Å². The lowest BCUT2D eigenvalue weighted by Crippen LogP contribution is -1.91. The Labute approximate surface area is 185 Å². The number of hydrogen-bond acceptors (Lipinski definition) is 4. The van der Waals surface area contributed by atoms with Crippen LogP contribution in [-0.4, -0.2) is 10.2 Å². The summed E-state index contributed by atoms with van der Waals surface area (Å²) in [6.07, 6.45) is 0. The molecule has 154 valence electrons. The summed E-state index contributed by atoms with van der Waals surface area (Å²) in [5, 5.41) is 10.8. The number of benzene rings is 4. The Bertz CT molecular complexity index is 1590. The zero-order chi connectivity index (χ0) is 21.7. The maximum Gasteiger partial charge on any atom is 0.248 e. The smallest absolute Gasteiger partial charge is 0.248 e. The van der Waals surface area contributed by atoms with Gasteiger partial charge in [0.2, 0.25) is 11.8 Å². The Morgan fingerprint density at radius 1 is 0.562 bits per heavy atom. The molecule has 2 heterocycles. The summed E-state index contributed by atoms with van der Waals surface area (Å²) < 4.78 is 12.3. The Balaban J connectivity index is 1.47. The first-order valence-corrected chi connectivity index (χ1v) is 10.6. The summed E-state index contributed by atoms with van der Waals surface area (Å²) >= 11 is 0. The van der Waals surface area contributed by atoms with Crippen molar-refractivity contribution in [2.45, 2.75) is 13.8 Å². The van der Waals surface area contributed by atoms with Gasteiger partial charge in [-0.15, -0.1) is 10.2 Å². The number of nitrogens with zero attached hydrogens (tertiary/aromatic N) is 2. The van der Waals surface area contributed by atoms with Crippen LogP contribution in [0.3, 0.4) is 0 Å². The van der Waals surface area contributed by atoms with Crippen LogP contribution in [0.15, 0.2) is 93.8 Å². The lowest BCUT2D eigenvalue weighted by molar-refractivity contribution is 0.584. The molecule has 6 aromatic rings. The van der Waals surface area contributed by atoms with Crippen LogP contribution in [0, 0.1) is 13.8 Å². The van der Waals surface area contributed by atoms with Crippen LogP contribution in [0.2, 0.25) is 0 Å². The largest absolute Gasteiger partial charge is 0.455 e. The van der Waals surface area contributed by atoms with E-state index >= 15 is 0 Å². The molecule has 0 spiro atoms. The highest BCUT2D eigenvalue weighted by Gasteiger charge is 2.17. The van der Waals surface area contributed by atoms with Crippen molar-refractivity contribution in [1.82, 2.24) is 10.2 Å². The van der Waals surface area contributed by atoms with E-state index < -0.39 is 0 Å². The molecule has 0 saturated carbocycles. The van der Waals surface area contributed by atoms with Crippen LogP contribution in [0.1, 0.15) is 11.1 Å².